The summed E-state index contributed by atoms with van der Waals surface area (Å²) in [4.78, 5) is 19.7. The third-order valence-electron chi connectivity index (χ3n) is 1.77. The molecule has 8 heteroatoms. The van der Waals surface area contributed by atoms with Gasteiger partial charge in [-0.15, -0.1) is 0 Å². The van der Waals surface area contributed by atoms with Crippen LogP contribution in [0.4, 0.5) is 14.5 Å². The molecule has 0 bridgehead atoms. The molecule has 16 heavy (non-hydrogen) atoms. The van der Waals surface area contributed by atoms with Gasteiger partial charge in [-0.05, 0) is 6.07 Å². The van der Waals surface area contributed by atoms with E-state index in [1.54, 1.807) is 0 Å². The monoisotopic (exact) mass is 251 g/mol. The van der Waals surface area contributed by atoms with Crippen molar-refractivity contribution in [2.24, 2.45) is 0 Å². The maximum Gasteiger partial charge on any atom is 0.379 e. The van der Waals surface area contributed by atoms with Crippen LogP contribution in [-0.4, -0.2) is 16.0 Å². The minimum Gasteiger partial charge on any atom is -0.477 e. The summed E-state index contributed by atoms with van der Waals surface area (Å²) in [5.74, 6) is -6.68. The van der Waals surface area contributed by atoms with Gasteiger partial charge in [0.15, 0.2) is 0 Å². The second-order valence-electron chi connectivity index (χ2n) is 2.80. The number of carboxylic acid groups (broad SMARTS) is 1. The van der Waals surface area contributed by atoms with Crippen LogP contribution in [0, 0.1) is 10.1 Å². The number of halogens is 3. The number of nitrogens with zero attached hydrogens (tertiary/aromatic N) is 1. The maximum atomic E-state index is 13.1. The Morgan fingerprint density at radius 3 is 2.50 bits per heavy atom. The lowest BCUT2D eigenvalue weighted by Crippen LogP contribution is -2.25. The molecule has 0 fully saturated rings. The molecule has 1 rings (SSSR count). The summed E-state index contributed by atoms with van der Waals surface area (Å²) < 4.78 is 26.2. The molecule has 0 radical (unpaired) electrons. The number of nitro groups is 1. The van der Waals surface area contributed by atoms with Crippen molar-refractivity contribution in [2.45, 2.75) is 5.92 Å². The first-order valence-corrected chi connectivity index (χ1v) is 4.20. The molecule has 1 aromatic rings. The fraction of sp³-hybridized carbons (Fsp3) is 0.125. The molecule has 0 aliphatic heterocycles. The Kier molecular flexibility index (Phi) is 3.09. The number of rotatable bonds is 3. The molecule has 0 amide bonds. The fourth-order valence-corrected chi connectivity index (χ4v) is 1.22. The van der Waals surface area contributed by atoms with Crippen LogP contribution in [0.5, 0.6) is 0 Å². The quantitative estimate of drug-likeness (QED) is 0.661. The summed E-state index contributed by atoms with van der Waals surface area (Å²) in [5.41, 5.74) is -1.75. The summed E-state index contributed by atoms with van der Waals surface area (Å²) in [7, 11) is 0. The van der Waals surface area contributed by atoms with Crippen molar-refractivity contribution in [1.82, 2.24) is 0 Å². The minimum atomic E-state index is -4.26. The van der Waals surface area contributed by atoms with Gasteiger partial charge in [0, 0.05) is 12.1 Å². The van der Waals surface area contributed by atoms with E-state index in [-0.39, 0.29) is 0 Å². The molecular weight excluding hydrogens is 248 g/mol. The van der Waals surface area contributed by atoms with Crippen LogP contribution >= 0.6 is 11.6 Å². The molecule has 1 aromatic carbocycles. The average molecular weight is 252 g/mol. The lowest BCUT2D eigenvalue weighted by atomic mass is 10.1. The van der Waals surface area contributed by atoms with Gasteiger partial charge in [0.2, 0.25) is 0 Å². The minimum absolute atomic E-state index is 0.441. The van der Waals surface area contributed by atoms with E-state index in [0.29, 0.717) is 6.07 Å². The third kappa shape index (κ3) is 2.08. The van der Waals surface area contributed by atoms with Gasteiger partial charge in [0.1, 0.15) is 0 Å². The number of carboxylic acids is 1. The van der Waals surface area contributed by atoms with E-state index in [9.17, 15) is 23.7 Å². The Bertz CT molecular complexity index is 463. The number of non-ortho nitro benzene ring substituents is 1. The maximum absolute atomic E-state index is 13.1. The molecule has 0 aliphatic carbocycles. The van der Waals surface area contributed by atoms with E-state index in [2.05, 4.69) is 0 Å². The Balaban J connectivity index is 3.38. The molecule has 1 N–H and O–H groups in total. The van der Waals surface area contributed by atoms with Crippen LogP contribution in [-0.2, 0) is 10.7 Å². The van der Waals surface area contributed by atoms with Crippen molar-refractivity contribution < 1.29 is 23.6 Å². The van der Waals surface area contributed by atoms with Gasteiger partial charge >= 0.3 is 11.9 Å². The van der Waals surface area contributed by atoms with E-state index in [0.717, 1.165) is 12.1 Å². The molecule has 0 spiro atoms. The molecule has 0 aromatic heterocycles. The van der Waals surface area contributed by atoms with Crippen molar-refractivity contribution in [3.8, 4) is 0 Å². The molecule has 0 saturated carbocycles. The molecule has 0 aliphatic rings. The predicted octanol–water partition coefficient (Wildman–Crippen LogP) is 2.42. The van der Waals surface area contributed by atoms with E-state index in [1.165, 1.54) is 0 Å². The molecule has 0 heterocycles. The van der Waals surface area contributed by atoms with Crippen LogP contribution in [0.3, 0.4) is 0 Å². The van der Waals surface area contributed by atoms with E-state index in [1.807, 2.05) is 0 Å². The molecular formula is C8H4ClF2NO4. The van der Waals surface area contributed by atoms with Crippen LogP contribution in [0.2, 0.25) is 5.02 Å². The largest absolute Gasteiger partial charge is 0.477 e. The SMILES string of the molecule is O=C(O)C(F)(F)c1cc([N+](=O)[O-])ccc1Cl. The second kappa shape index (κ2) is 4.01. The molecule has 5 nitrogen and oxygen atoms in total. The zero-order valence-electron chi connectivity index (χ0n) is 7.49. The molecule has 0 unspecified atom stereocenters. The smallest absolute Gasteiger partial charge is 0.379 e. The van der Waals surface area contributed by atoms with Gasteiger partial charge in [0.05, 0.1) is 15.5 Å². The molecule has 86 valence electrons. The van der Waals surface area contributed by atoms with Crippen LogP contribution in [0.25, 0.3) is 0 Å². The highest BCUT2D eigenvalue weighted by atomic mass is 35.5. The summed E-state index contributed by atoms with van der Waals surface area (Å²) in [6.45, 7) is 0. The van der Waals surface area contributed by atoms with Crippen LogP contribution in [0.15, 0.2) is 18.2 Å². The van der Waals surface area contributed by atoms with Gasteiger partial charge in [0.25, 0.3) is 5.69 Å². The van der Waals surface area contributed by atoms with Gasteiger partial charge in [-0.25, -0.2) is 4.79 Å². The number of hydrogen-bond donors (Lipinski definition) is 1. The highest BCUT2D eigenvalue weighted by molar-refractivity contribution is 6.31. The lowest BCUT2D eigenvalue weighted by Gasteiger charge is -2.12. The second-order valence-corrected chi connectivity index (χ2v) is 3.21. The van der Waals surface area contributed by atoms with Gasteiger partial charge in [-0.2, -0.15) is 8.78 Å². The highest BCUT2D eigenvalue weighted by Crippen LogP contribution is 2.35. The third-order valence-corrected chi connectivity index (χ3v) is 2.10. The number of nitro benzene ring substituents is 1. The first-order chi connectivity index (χ1) is 7.26. The summed E-state index contributed by atoms with van der Waals surface area (Å²) in [6.07, 6.45) is 0. The Hall–Kier alpha value is -1.76. The highest BCUT2D eigenvalue weighted by Gasteiger charge is 2.43. The predicted molar refractivity (Wildman–Crippen MR) is 49.6 cm³/mol. The standard InChI is InChI=1S/C8H4ClF2NO4/c9-6-2-1-4(12(15)16)3-5(6)8(10,11)7(13)14/h1-3H,(H,13,14). The van der Waals surface area contributed by atoms with E-state index < -0.39 is 33.1 Å². The van der Waals surface area contributed by atoms with Crippen molar-refractivity contribution in [2.75, 3.05) is 0 Å². The van der Waals surface area contributed by atoms with Crippen molar-refractivity contribution >= 4 is 23.3 Å². The number of aliphatic carboxylic acids is 1. The van der Waals surface area contributed by atoms with Gasteiger partial charge in [-0.1, -0.05) is 11.6 Å². The van der Waals surface area contributed by atoms with Crippen LogP contribution in [0.1, 0.15) is 5.56 Å². The van der Waals surface area contributed by atoms with Crippen molar-refractivity contribution in [3.05, 3.63) is 38.9 Å². The fourth-order valence-electron chi connectivity index (χ4n) is 0.983. The zero-order chi connectivity index (χ0) is 12.5. The number of alkyl halides is 2. The van der Waals surface area contributed by atoms with Crippen molar-refractivity contribution in [3.63, 3.8) is 0 Å². The number of hydrogen-bond acceptors (Lipinski definition) is 3. The van der Waals surface area contributed by atoms with Crippen molar-refractivity contribution in [1.29, 1.82) is 0 Å². The molecule has 0 saturated heterocycles. The number of benzene rings is 1. The van der Waals surface area contributed by atoms with Crippen LogP contribution < -0.4 is 0 Å². The Morgan fingerprint density at radius 2 is 2.06 bits per heavy atom. The molecule has 0 atom stereocenters. The normalized spacial score (nSPS) is 11.2. The number of carbonyl (C=O) groups is 1. The van der Waals surface area contributed by atoms with Gasteiger partial charge < -0.3 is 5.11 Å². The topological polar surface area (TPSA) is 80.4 Å². The van der Waals surface area contributed by atoms with E-state index >= 15 is 0 Å². The summed E-state index contributed by atoms with van der Waals surface area (Å²) >= 11 is 5.36. The van der Waals surface area contributed by atoms with E-state index in [4.69, 9.17) is 16.7 Å². The average Bonchev–Trinajstić information content (AvgIpc) is 2.17. The first kappa shape index (κ1) is 12.3. The summed E-state index contributed by atoms with van der Waals surface area (Å²) in [5, 5.41) is 18.1. The van der Waals surface area contributed by atoms with Gasteiger partial charge in [-0.3, -0.25) is 10.1 Å². The Labute approximate surface area is 92.4 Å². The summed E-state index contributed by atoms with van der Waals surface area (Å²) in [6, 6.07) is 2.20. The zero-order valence-corrected chi connectivity index (χ0v) is 8.24. The Morgan fingerprint density at radius 1 is 1.50 bits per heavy atom. The first-order valence-electron chi connectivity index (χ1n) is 3.82. The lowest BCUT2D eigenvalue weighted by molar-refractivity contribution is -0.385.